The van der Waals surface area contributed by atoms with Crippen LogP contribution in [0.5, 0.6) is 0 Å². The Balaban J connectivity index is 2.11. The molecule has 1 atom stereocenters. The minimum atomic E-state index is -0.288. The summed E-state index contributed by atoms with van der Waals surface area (Å²) in [7, 11) is 3.19. The van der Waals surface area contributed by atoms with Crippen molar-refractivity contribution in [3.05, 3.63) is 29.8 Å². The number of imide groups is 1. The Bertz CT molecular complexity index is 470. The molecule has 1 unspecified atom stereocenters. The van der Waals surface area contributed by atoms with Gasteiger partial charge in [0.2, 0.25) is 5.91 Å². The van der Waals surface area contributed by atoms with E-state index in [0.717, 1.165) is 10.6 Å². The molecule has 1 aliphatic rings. The first kappa shape index (κ1) is 12.4. The summed E-state index contributed by atoms with van der Waals surface area (Å²) in [5, 5.41) is 3.20. The van der Waals surface area contributed by atoms with Gasteiger partial charge in [0.15, 0.2) is 0 Å². The highest BCUT2D eigenvalue weighted by atomic mass is 16.2. The Kier molecular flexibility index (Phi) is 3.23. The first-order valence-corrected chi connectivity index (χ1v) is 5.85. The standard InChI is InChI=1S/C13H17N3O2/c1-9-4-6-10(7-5-9)14-11-8-12(17)16(3)13(18)15(11)2/h4-7,11,14H,8H2,1-3H3. The summed E-state index contributed by atoms with van der Waals surface area (Å²) < 4.78 is 0. The lowest BCUT2D eigenvalue weighted by Gasteiger charge is -2.37. The van der Waals surface area contributed by atoms with Gasteiger partial charge in [-0.15, -0.1) is 0 Å². The van der Waals surface area contributed by atoms with Gasteiger partial charge in [0.05, 0.1) is 6.42 Å². The molecular weight excluding hydrogens is 230 g/mol. The van der Waals surface area contributed by atoms with Crippen LogP contribution < -0.4 is 5.32 Å². The Hall–Kier alpha value is -2.04. The van der Waals surface area contributed by atoms with E-state index in [1.54, 1.807) is 11.9 Å². The quantitative estimate of drug-likeness (QED) is 0.864. The number of carbonyl (C=O) groups excluding carboxylic acids is 2. The largest absolute Gasteiger partial charge is 0.365 e. The molecule has 0 aromatic heterocycles. The molecule has 1 saturated heterocycles. The average Bonchev–Trinajstić information content (AvgIpc) is 2.36. The van der Waals surface area contributed by atoms with E-state index >= 15 is 0 Å². The van der Waals surface area contributed by atoms with Gasteiger partial charge in [-0.1, -0.05) is 17.7 Å². The number of nitrogens with one attached hydrogen (secondary N) is 1. The van der Waals surface area contributed by atoms with E-state index in [9.17, 15) is 9.59 Å². The highest BCUT2D eigenvalue weighted by Crippen LogP contribution is 2.18. The Morgan fingerprint density at radius 1 is 1.17 bits per heavy atom. The highest BCUT2D eigenvalue weighted by molar-refractivity contribution is 5.97. The molecule has 1 aromatic rings. The van der Waals surface area contributed by atoms with Crippen LogP contribution >= 0.6 is 0 Å². The lowest BCUT2D eigenvalue weighted by molar-refractivity contribution is -0.130. The number of hydrogen-bond acceptors (Lipinski definition) is 3. The number of anilines is 1. The van der Waals surface area contributed by atoms with Crippen LogP contribution in [0.2, 0.25) is 0 Å². The monoisotopic (exact) mass is 247 g/mol. The topological polar surface area (TPSA) is 52.7 Å². The Morgan fingerprint density at radius 2 is 1.78 bits per heavy atom. The van der Waals surface area contributed by atoms with Gasteiger partial charge in [-0.3, -0.25) is 9.69 Å². The lowest BCUT2D eigenvalue weighted by Crippen LogP contribution is -2.56. The molecule has 3 amide bonds. The number of benzene rings is 1. The lowest BCUT2D eigenvalue weighted by atomic mass is 10.2. The molecule has 0 saturated carbocycles. The van der Waals surface area contributed by atoms with Crippen molar-refractivity contribution >= 4 is 17.6 Å². The van der Waals surface area contributed by atoms with Gasteiger partial charge in [-0.25, -0.2) is 4.79 Å². The van der Waals surface area contributed by atoms with Crippen molar-refractivity contribution in [3.63, 3.8) is 0 Å². The van der Waals surface area contributed by atoms with Crippen LogP contribution in [0.4, 0.5) is 10.5 Å². The molecule has 0 aliphatic carbocycles. The maximum Gasteiger partial charge on any atom is 0.327 e. The zero-order valence-corrected chi connectivity index (χ0v) is 10.8. The van der Waals surface area contributed by atoms with Crippen molar-refractivity contribution in [1.29, 1.82) is 0 Å². The fourth-order valence-corrected chi connectivity index (χ4v) is 1.91. The van der Waals surface area contributed by atoms with Crippen molar-refractivity contribution in [2.75, 3.05) is 19.4 Å². The summed E-state index contributed by atoms with van der Waals surface area (Å²) in [5.41, 5.74) is 2.08. The minimum absolute atomic E-state index is 0.164. The van der Waals surface area contributed by atoms with E-state index in [1.165, 1.54) is 12.6 Å². The number of urea groups is 1. The summed E-state index contributed by atoms with van der Waals surface area (Å²) >= 11 is 0. The minimum Gasteiger partial charge on any atom is -0.365 e. The van der Waals surface area contributed by atoms with Crippen LogP contribution in [0.25, 0.3) is 0 Å². The maximum absolute atomic E-state index is 11.8. The summed E-state index contributed by atoms with van der Waals surface area (Å²) in [6.07, 6.45) is -0.00371. The fraction of sp³-hybridized carbons (Fsp3) is 0.385. The van der Waals surface area contributed by atoms with Gasteiger partial charge >= 0.3 is 6.03 Å². The van der Waals surface area contributed by atoms with E-state index < -0.39 is 0 Å². The van der Waals surface area contributed by atoms with Gasteiger partial charge in [0.1, 0.15) is 6.17 Å². The molecule has 1 aromatic carbocycles. The van der Waals surface area contributed by atoms with Crippen LogP contribution in [0.1, 0.15) is 12.0 Å². The van der Waals surface area contributed by atoms with Crippen LogP contribution in [-0.2, 0) is 4.79 Å². The Labute approximate surface area is 106 Å². The molecule has 0 bridgehead atoms. The summed E-state index contributed by atoms with van der Waals surface area (Å²) in [4.78, 5) is 26.1. The van der Waals surface area contributed by atoms with E-state index in [4.69, 9.17) is 0 Å². The van der Waals surface area contributed by atoms with Gasteiger partial charge in [0.25, 0.3) is 0 Å². The molecule has 2 rings (SSSR count). The molecule has 0 radical (unpaired) electrons. The zero-order chi connectivity index (χ0) is 13.3. The van der Waals surface area contributed by atoms with Crippen LogP contribution in [-0.4, -0.2) is 42.0 Å². The Morgan fingerprint density at radius 3 is 2.39 bits per heavy atom. The van der Waals surface area contributed by atoms with Crippen molar-refractivity contribution in [3.8, 4) is 0 Å². The molecule has 1 aliphatic heterocycles. The van der Waals surface area contributed by atoms with Crippen LogP contribution in [0, 0.1) is 6.92 Å². The van der Waals surface area contributed by atoms with E-state index in [0.29, 0.717) is 0 Å². The fourth-order valence-electron chi connectivity index (χ4n) is 1.91. The van der Waals surface area contributed by atoms with Crippen molar-refractivity contribution in [1.82, 2.24) is 9.80 Å². The summed E-state index contributed by atoms with van der Waals surface area (Å²) in [6.45, 7) is 2.01. The second-order valence-corrected chi connectivity index (χ2v) is 4.58. The van der Waals surface area contributed by atoms with E-state index in [2.05, 4.69) is 5.32 Å². The second-order valence-electron chi connectivity index (χ2n) is 4.58. The number of hydrogen-bond donors (Lipinski definition) is 1. The first-order valence-electron chi connectivity index (χ1n) is 5.85. The second kappa shape index (κ2) is 4.68. The molecule has 5 heteroatoms. The predicted molar refractivity (Wildman–Crippen MR) is 69.1 cm³/mol. The zero-order valence-electron chi connectivity index (χ0n) is 10.8. The summed E-state index contributed by atoms with van der Waals surface area (Å²) in [6, 6.07) is 7.57. The third kappa shape index (κ3) is 2.30. The molecular formula is C13H17N3O2. The number of aryl methyl sites for hydroxylation is 1. The normalized spacial score (nSPS) is 20.3. The van der Waals surface area contributed by atoms with Gasteiger partial charge in [0, 0.05) is 19.8 Å². The SMILES string of the molecule is Cc1ccc(NC2CC(=O)N(C)C(=O)N2C)cc1. The molecule has 1 N–H and O–H groups in total. The average molecular weight is 247 g/mol. The number of nitrogens with zero attached hydrogens (tertiary/aromatic N) is 2. The molecule has 96 valence electrons. The van der Waals surface area contributed by atoms with Gasteiger partial charge in [-0.05, 0) is 19.1 Å². The number of amides is 3. The van der Waals surface area contributed by atoms with E-state index in [1.807, 2.05) is 31.2 Å². The van der Waals surface area contributed by atoms with Crippen molar-refractivity contribution in [2.24, 2.45) is 0 Å². The van der Waals surface area contributed by atoms with Crippen LogP contribution in [0.15, 0.2) is 24.3 Å². The molecule has 18 heavy (non-hydrogen) atoms. The molecule has 1 heterocycles. The first-order chi connectivity index (χ1) is 8.49. The molecule has 5 nitrogen and oxygen atoms in total. The highest BCUT2D eigenvalue weighted by Gasteiger charge is 2.34. The predicted octanol–water partition coefficient (Wildman–Crippen LogP) is 1.65. The molecule has 0 spiro atoms. The van der Waals surface area contributed by atoms with Crippen molar-refractivity contribution in [2.45, 2.75) is 19.5 Å². The van der Waals surface area contributed by atoms with Crippen molar-refractivity contribution < 1.29 is 9.59 Å². The van der Waals surface area contributed by atoms with Gasteiger partial charge < -0.3 is 10.2 Å². The molecule has 1 fully saturated rings. The number of carbonyl (C=O) groups is 2. The maximum atomic E-state index is 11.8. The van der Waals surface area contributed by atoms with Gasteiger partial charge in [-0.2, -0.15) is 0 Å². The third-order valence-electron chi connectivity index (χ3n) is 3.18. The number of rotatable bonds is 2. The third-order valence-corrected chi connectivity index (χ3v) is 3.18. The summed E-state index contributed by atoms with van der Waals surface area (Å²) in [5.74, 6) is -0.164. The van der Waals surface area contributed by atoms with Crippen LogP contribution in [0.3, 0.4) is 0 Å². The van der Waals surface area contributed by atoms with E-state index in [-0.39, 0.29) is 24.5 Å². The smallest absolute Gasteiger partial charge is 0.327 e.